The van der Waals surface area contributed by atoms with E-state index in [9.17, 15) is 4.79 Å². The molecule has 2 aromatic carbocycles. The predicted octanol–water partition coefficient (Wildman–Crippen LogP) is 3.28. The number of hydrogen-bond acceptors (Lipinski definition) is 6. The Morgan fingerprint density at radius 1 is 1.14 bits per heavy atom. The molecule has 1 saturated heterocycles. The Morgan fingerprint density at radius 3 is 2.71 bits per heavy atom. The molecular weight excluding hydrogens is 378 g/mol. The summed E-state index contributed by atoms with van der Waals surface area (Å²) in [5, 5.41) is 6.99. The van der Waals surface area contributed by atoms with Gasteiger partial charge >= 0.3 is 6.09 Å². The van der Waals surface area contributed by atoms with E-state index in [0.29, 0.717) is 18.1 Å². The zero-order valence-electron chi connectivity index (χ0n) is 15.3. The molecule has 1 amide bonds. The van der Waals surface area contributed by atoms with Crippen LogP contribution in [0.1, 0.15) is 24.0 Å². The van der Waals surface area contributed by atoms with E-state index in [1.54, 1.807) is 4.90 Å². The molecule has 0 aromatic heterocycles. The average Bonchev–Trinajstić information content (AvgIpc) is 3.38. The van der Waals surface area contributed by atoms with Gasteiger partial charge < -0.3 is 4.74 Å². The second kappa shape index (κ2) is 8.50. The third-order valence-corrected chi connectivity index (χ3v) is 5.13. The van der Waals surface area contributed by atoms with Crippen LogP contribution in [0.3, 0.4) is 0 Å². The lowest BCUT2D eigenvalue weighted by atomic mass is 10.1. The number of hydrazine groups is 2. The minimum absolute atomic E-state index is 0.127. The first-order chi connectivity index (χ1) is 13.7. The molecular formula is C20H22ClN5O2. The number of carbonyl (C=O) groups excluding carboxylic acids is 1. The van der Waals surface area contributed by atoms with Crippen molar-refractivity contribution in [1.82, 2.24) is 21.0 Å². The fourth-order valence-corrected chi connectivity index (χ4v) is 3.59. The molecule has 0 bridgehead atoms. The van der Waals surface area contributed by atoms with E-state index < -0.39 is 0 Å². The van der Waals surface area contributed by atoms with Crippen molar-refractivity contribution < 1.29 is 9.53 Å². The van der Waals surface area contributed by atoms with Gasteiger partial charge in [0.1, 0.15) is 6.61 Å². The highest BCUT2D eigenvalue weighted by Gasteiger charge is 2.37. The normalized spacial score (nSPS) is 18.8. The lowest BCUT2D eigenvalue weighted by Gasteiger charge is -2.28. The highest BCUT2D eigenvalue weighted by molar-refractivity contribution is 6.30. The summed E-state index contributed by atoms with van der Waals surface area (Å²) in [5.41, 5.74) is 7.90. The van der Waals surface area contributed by atoms with Crippen LogP contribution in [0.5, 0.6) is 0 Å². The SMILES string of the molecule is O=C(OCc1ccccc1)N1CCC[C@@H]1C1=NNNN1Cc1ccc(Cl)cc1. The van der Waals surface area contributed by atoms with E-state index in [0.717, 1.165) is 29.8 Å². The standard InChI is InChI=1S/C20H22ClN5O2/c21-17-10-8-15(9-11-17)13-26-19(22-23-24-26)18-7-4-12-25(18)20(27)28-14-16-5-2-1-3-6-16/h1-3,5-6,8-11,18,23-24H,4,7,12-14H2/t18-/m1/s1. The molecule has 1 fully saturated rings. The van der Waals surface area contributed by atoms with Crippen molar-refractivity contribution in [2.24, 2.45) is 5.10 Å². The molecule has 0 aliphatic carbocycles. The van der Waals surface area contributed by atoms with Crippen LogP contribution in [0.2, 0.25) is 5.02 Å². The van der Waals surface area contributed by atoms with Gasteiger partial charge in [-0.05, 0) is 36.1 Å². The summed E-state index contributed by atoms with van der Waals surface area (Å²) in [7, 11) is 0. The van der Waals surface area contributed by atoms with Crippen LogP contribution in [0.15, 0.2) is 59.7 Å². The summed E-state index contributed by atoms with van der Waals surface area (Å²) in [6, 6.07) is 17.2. The van der Waals surface area contributed by atoms with E-state index in [4.69, 9.17) is 16.3 Å². The van der Waals surface area contributed by atoms with Crippen LogP contribution in [-0.4, -0.2) is 34.4 Å². The maximum Gasteiger partial charge on any atom is 0.410 e. The number of hydrogen-bond donors (Lipinski definition) is 2. The van der Waals surface area contributed by atoms with Gasteiger partial charge in [-0.3, -0.25) is 9.91 Å². The molecule has 0 unspecified atom stereocenters. The molecule has 2 aromatic rings. The maximum atomic E-state index is 12.7. The highest BCUT2D eigenvalue weighted by Crippen LogP contribution is 2.23. The Kier molecular flexibility index (Phi) is 5.64. The Labute approximate surface area is 168 Å². The van der Waals surface area contributed by atoms with Crippen LogP contribution in [0.4, 0.5) is 4.79 Å². The Balaban J connectivity index is 1.40. The van der Waals surface area contributed by atoms with Gasteiger partial charge in [0.05, 0.1) is 12.6 Å². The smallest absolute Gasteiger partial charge is 0.410 e. The summed E-state index contributed by atoms with van der Waals surface area (Å²) in [4.78, 5) is 14.4. The molecule has 28 heavy (non-hydrogen) atoms. The van der Waals surface area contributed by atoms with E-state index in [1.165, 1.54) is 0 Å². The van der Waals surface area contributed by atoms with Gasteiger partial charge in [-0.1, -0.05) is 54.1 Å². The molecule has 1 atom stereocenters. The zero-order valence-corrected chi connectivity index (χ0v) is 16.1. The molecule has 0 spiro atoms. The van der Waals surface area contributed by atoms with Crippen LogP contribution in [-0.2, 0) is 17.9 Å². The number of likely N-dealkylation sites (tertiary alicyclic amines) is 1. The molecule has 8 heteroatoms. The van der Waals surface area contributed by atoms with E-state index in [-0.39, 0.29) is 18.7 Å². The van der Waals surface area contributed by atoms with E-state index in [1.807, 2.05) is 59.6 Å². The van der Waals surface area contributed by atoms with Crippen molar-refractivity contribution in [2.45, 2.75) is 32.0 Å². The largest absolute Gasteiger partial charge is 0.445 e. The van der Waals surface area contributed by atoms with Gasteiger partial charge in [-0.2, -0.15) is 0 Å². The molecule has 2 N–H and O–H groups in total. The number of hydrazone groups is 1. The lowest BCUT2D eigenvalue weighted by Crippen LogP contribution is -2.49. The summed E-state index contributed by atoms with van der Waals surface area (Å²) >= 11 is 5.97. The third kappa shape index (κ3) is 4.21. The van der Waals surface area contributed by atoms with Gasteiger partial charge in [0.25, 0.3) is 0 Å². The molecule has 2 aliphatic heterocycles. The Hall–Kier alpha value is -2.77. The number of nitrogens with one attached hydrogen (secondary N) is 2. The Morgan fingerprint density at radius 2 is 1.93 bits per heavy atom. The van der Waals surface area contributed by atoms with E-state index >= 15 is 0 Å². The van der Waals surface area contributed by atoms with E-state index in [2.05, 4.69) is 16.2 Å². The molecule has 146 valence electrons. The number of ether oxygens (including phenoxy) is 1. The molecule has 2 heterocycles. The van der Waals surface area contributed by atoms with Crippen molar-refractivity contribution in [2.75, 3.05) is 6.54 Å². The van der Waals surface area contributed by atoms with Crippen LogP contribution < -0.4 is 11.1 Å². The van der Waals surface area contributed by atoms with Crippen LogP contribution in [0, 0.1) is 0 Å². The molecule has 2 aliphatic rings. The first-order valence-corrected chi connectivity index (χ1v) is 9.66. The number of rotatable bonds is 5. The van der Waals surface area contributed by atoms with Crippen LogP contribution in [0.25, 0.3) is 0 Å². The lowest BCUT2D eigenvalue weighted by molar-refractivity contribution is 0.0975. The maximum absolute atomic E-state index is 12.7. The fraction of sp³-hybridized carbons (Fsp3) is 0.300. The van der Waals surface area contributed by atoms with Gasteiger partial charge in [0.2, 0.25) is 0 Å². The van der Waals surface area contributed by atoms with Gasteiger partial charge in [-0.15, -0.1) is 10.6 Å². The topological polar surface area (TPSA) is 69.2 Å². The first kappa shape index (κ1) is 18.6. The number of nitrogens with zero attached hydrogens (tertiary/aromatic N) is 3. The van der Waals surface area contributed by atoms with Crippen LogP contribution >= 0.6 is 11.6 Å². The average molecular weight is 400 g/mol. The summed E-state index contributed by atoms with van der Waals surface area (Å²) in [6.07, 6.45) is 1.45. The summed E-state index contributed by atoms with van der Waals surface area (Å²) in [6.45, 7) is 1.53. The first-order valence-electron chi connectivity index (χ1n) is 9.28. The number of amidine groups is 1. The summed E-state index contributed by atoms with van der Waals surface area (Å²) < 4.78 is 5.53. The molecule has 4 rings (SSSR count). The second-order valence-corrected chi connectivity index (χ2v) is 7.23. The quantitative estimate of drug-likeness (QED) is 0.807. The van der Waals surface area contributed by atoms with Crippen molar-refractivity contribution >= 4 is 23.5 Å². The number of halogens is 1. The van der Waals surface area contributed by atoms with Gasteiger partial charge in [0.15, 0.2) is 5.84 Å². The molecule has 7 nitrogen and oxygen atoms in total. The summed E-state index contributed by atoms with van der Waals surface area (Å²) in [5.74, 6) is 0.782. The molecule has 0 saturated carbocycles. The number of benzene rings is 2. The van der Waals surface area contributed by atoms with Crippen molar-refractivity contribution in [1.29, 1.82) is 0 Å². The molecule has 0 radical (unpaired) electrons. The minimum atomic E-state index is -0.313. The predicted molar refractivity (Wildman–Crippen MR) is 107 cm³/mol. The fourth-order valence-electron chi connectivity index (χ4n) is 3.46. The monoisotopic (exact) mass is 399 g/mol. The van der Waals surface area contributed by atoms with Gasteiger partial charge in [0, 0.05) is 11.6 Å². The Bertz CT molecular complexity index is 843. The minimum Gasteiger partial charge on any atom is -0.445 e. The third-order valence-electron chi connectivity index (χ3n) is 4.88. The van der Waals surface area contributed by atoms with Gasteiger partial charge in [-0.25, -0.2) is 10.3 Å². The zero-order chi connectivity index (χ0) is 19.3. The van der Waals surface area contributed by atoms with Crippen molar-refractivity contribution in [3.05, 3.63) is 70.7 Å². The number of amides is 1. The number of carbonyl (C=O) groups is 1. The van der Waals surface area contributed by atoms with Crippen molar-refractivity contribution in [3.63, 3.8) is 0 Å². The van der Waals surface area contributed by atoms with Crippen molar-refractivity contribution in [3.8, 4) is 0 Å². The second-order valence-electron chi connectivity index (χ2n) is 6.80. The highest BCUT2D eigenvalue weighted by atomic mass is 35.5.